The summed E-state index contributed by atoms with van der Waals surface area (Å²) in [6, 6.07) is 6.24. The van der Waals surface area contributed by atoms with Crippen LogP contribution in [-0.2, 0) is 11.3 Å². The van der Waals surface area contributed by atoms with Gasteiger partial charge in [0.15, 0.2) is 0 Å². The molecule has 0 fully saturated rings. The van der Waals surface area contributed by atoms with Crippen molar-refractivity contribution in [3.8, 4) is 0 Å². The van der Waals surface area contributed by atoms with E-state index in [0.717, 1.165) is 30.3 Å². The third-order valence-electron chi connectivity index (χ3n) is 2.58. The number of carbonyl (C=O) groups excluding carboxylic acids is 1. The molecule has 0 radical (unpaired) electrons. The normalized spacial score (nSPS) is 10.3. The average molecular weight is 281 g/mol. The number of nitrogens with two attached hydrogens (primary N) is 1. The van der Waals surface area contributed by atoms with Crippen molar-refractivity contribution in [3.05, 3.63) is 65.0 Å². The molecule has 104 valence electrons. The molecule has 0 aliphatic heterocycles. The Morgan fingerprint density at radius 3 is 2.50 bits per heavy atom. The standard InChI is InChI=1S/C14H10F3NO2/c15-9-1-4-12(16)8(5-9)7-20-14(19)11-3-2-10(18)6-13(11)17/h1-6H,7,18H2. The first-order valence-electron chi connectivity index (χ1n) is 5.63. The third-order valence-corrected chi connectivity index (χ3v) is 2.58. The molecule has 0 aliphatic carbocycles. The number of halogens is 3. The number of ether oxygens (including phenoxy) is 1. The molecule has 0 amide bonds. The van der Waals surface area contributed by atoms with Gasteiger partial charge in [-0.2, -0.15) is 0 Å². The molecule has 2 rings (SSSR count). The molecule has 20 heavy (non-hydrogen) atoms. The molecule has 0 aliphatic rings. The summed E-state index contributed by atoms with van der Waals surface area (Å²) < 4.78 is 44.4. The number of carbonyl (C=O) groups is 1. The fourth-order valence-corrected chi connectivity index (χ4v) is 1.57. The highest BCUT2D eigenvalue weighted by molar-refractivity contribution is 5.90. The van der Waals surface area contributed by atoms with Crippen molar-refractivity contribution in [3.63, 3.8) is 0 Å². The lowest BCUT2D eigenvalue weighted by atomic mass is 10.2. The van der Waals surface area contributed by atoms with Crippen LogP contribution in [0, 0.1) is 17.5 Å². The Hall–Kier alpha value is -2.50. The average Bonchev–Trinajstić information content (AvgIpc) is 2.39. The van der Waals surface area contributed by atoms with Crippen molar-refractivity contribution in [2.75, 3.05) is 5.73 Å². The topological polar surface area (TPSA) is 52.3 Å². The van der Waals surface area contributed by atoms with Crippen molar-refractivity contribution in [2.45, 2.75) is 6.61 Å². The van der Waals surface area contributed by atoms with Gasteiger partial charge in [0.05, 0.1) is 5.56 Å². The number of benzene rings is 2. The molecule has 0 aromatic heterocycles. The van der Waals surface area contributed by atoms with Gasteiger partial charge in [-0.25, -0.2) is 18.0 Å². The van der Waals surface area contributed by atoms with E-state index >= 15 is 0 Å². The minimum absolute atomic E-state index is 0.130. The van der Waals surface area contributed by atoms with Crippen LogP contribution in [-0.4, -0.2) is 5.97 Å². The molecule has 0 atom stereocenters. The van der Waals surface area contributed by atoms with E-state index in [1.807, 2.05) is 0 Å². The van der Waals surface area contributed by atoms with Crippen LogP contribution in [0.3, 0.4) is 0 Å². The minimum atomic E-state index is -0.980. The molecule has 6 heteroatoms. The molecule has 0 bridgehead atoms. The monoisotopic (exact) mass is 281 g/mol. The van der Waals surface area contributed by atoms with Crippen molar-refractivity contribution >= 4 is 11.7 Å². The van der Waals surface area contributed by atoms with E-state index in [2.05, 4.69) is 0 Å². The van der Waals surface area contributed by atoms with E-state index in [-0.39, 0.29) is 16.8 Å². The number of hydrogen-bond acceptors (Lipinski definition) is 3. The maximum atomic E-state index is 13.5. The van der Waals surface area contributed by atoms with Gasteiger partial charge in [0.2, 0.25) is 0 Å². The van der Waals surface area contributed by atoms with Crippen LogP contribution in [0.1, 0.15) is 15.9 Å². The number of hydrogen-bond donors (Lipinski definition) is 1. The molecule has 2 aromatic rings. The highest BCUT2D eigenvalue weighted by Gasteiger charge is 2.14. The van der Waals surface area contributed by atoms with Gasteiger partial charge >= 0.3 is 5.97 Å². The Bertz CT molecular complexity index is 659. The second kappa shape index (κ2) is 5.64. The quantitative estimate of drug-likeness (QED) is 0.695. The van der Waals surface area contributed by atoms with E-state index in [4.69, 9.17) is 10.5 Å². The Labute approximate surface area is 112 Å². The summed E-state index contributed by atoms with van der Waals surface area (Å²) in [7, 11) is 0. The fraction of sp³-hybridized carbons (Fsp3) is 0.0714. The summed E-state index contributed by atoms with van der Waals surface area (Å²) in [6.45, 7) is -0.494. The van der Waals surface area contributed by atoms with Crippen LogP contribution in [0.2, 0.25) is 0 Å². The minimum Gasteiger partial charge on any atom is -0.457 e. The first-order chi connectivity index (χ1) is 9.47. The van der Waals surface area contributed by atoms with Gasteiger partial charge in [0.1, 0.15) is 24.1 Å². The van der Waals surface area contributed by atoms with E-state index in [9.17, 15) is 18.0 Å². The van der Waals surface area contributed by atoms with Gasteiger partial charge in [-0.05, 0) is 36.4 Å². The fourth-order valence-electron chi connectivity index (χ4n) is 1.57. The van der Waals surface area contributed by atoms with Crippen molar-refractivity contribution in [1.82, 2.24) is 0 Å². The lowest BCUT2D eigenvalue weighted by Gasteiger charge is -2.07. The predicted octanol–water partition coefficient (Wildman–Crippen LogP) is 3.04. The molecule has 2 aromatic carbocycles. The van der Waals surface area contributed by atoms with Crippen LogP contribution in [0.4, 0.5) is 18.9 Å². The van der Waals surface area contributed by atoms with Crippen LogP contribution in [0.5, 0.6) is 0 Å². The predicted molar refractivity (Wildman–Crippen MR) is 66.3 cm³/mol. The smallest absolute Gasteiger partial charge is 0.341 e. The Morgan fingerprint density at radius 2 is 1.80 bits per heavy atom. The highest BCUT2D eigenvalue weighted by Crippen LogP contribution is 2.15. The van der Waals surface area contributed by atoms with Crippen LogP contribution in [0.15, 0.2) is 36.4 Å². The SMILES string of the molecule is Nc1ccc(C(=O)OCc2cc(F)ccc2F)c(F)c1. The zero-order chi connectivity index (χ0) is 14.7. The van der Waals surface area contributed by atoms with E-state index in [1.165, 1.54) is 6.07 Å². The Kier molecular flexibility index (Phi) is 3.93. The summed E-state index contributed by atoms with van der Waals surface area (Å²) >= 11 is 0. The van der Waals surface area contributed by atoms with Crippen molar-refractivity contribution < 1.29 is 22.7 Å². The first kappa shape index (κ1) is 13.9. The molecule has 0 saturated heterocycles. The van der Waals surface area contributed by atoms with Gasteiger partial charge in [-0.1, -0.05) is 0 Å². The molecular formula is C14H10F3NO2. The Morgan fingerprint density at radius 1 is 1.05 bits per heavy atom. The molecule has 0 heterocycles. The lowest BCUT2D eigenvalue weighted by Crippen LogP contribution is -2.09. The molecule has 0 saturated carbocycles. The number of esters is 1. The van der Waals surface area contributed by atoms with E-state index < -0.39 is 30.0 Å². The van der Waals surface area contributed by atoms with E-state index in [0.29, 0.717) is 0 Å². The Balaban J connectivity index is 2.10. The van der Waals surface area contributed by atoms with Crippen molar-refractivity contribution in [2.24, 2.45) is 0 Å². The highest BCUT2D eigenvalue weighted by atomic mass is 19.1. The second-order valence-electron chi connectivity index (χ2n) is 4.05. The van der Waals surface area contributed by atoms with E-state index in [1.54, 1.807) is 0 Å². The summed E-state index contributed by atoms with van der Waals surface area (Å²) in [4.78, 5) is 11.6. The number of rotatable bonds is 3. The molecule has 0 unspecified atom stereocenters. The lowest BCUT2D eigenvalue weighted by molar-refractivity contribution is 0.0463. The molecule has 2 N–H and O–H groups in total. The molecule has 3 nitrogen and oxygen atoms in total. The zero-order valence-corrected chi connectivity index (χ0v) is 10.2. The first-order valence-corrected chi connectivity index (χ1v) is 5.63. The van der Waals surface area contributed by atoms with Gasteiger partial charge in [0.25, 0.3) is 0 Å². The summed E-state index contributed by atoms with van der Waals surface area (Å²) in [5, 5.41) is 0. The van der Waals surface area contributed by atoms with Crippen LogP contribution < -0.4 is 5.73 Å². The zero-order valence-electron chi connectivity index (χ0n) is 10.2. The van der Waals surface area contributed by atoms with Crippen LogP contribution >= 0.6 is 0 Å². The summed E-state index contributed by atoms with van der Waals surface area (Å²) in [6.07, 6.45) is 0. The summed E-state index contributed by atoms with van der Waals surface area (Å²) in [5.74, 6) is -3.19. The largest absolute Gasteiger partial charge is 0.457 e. The van der Waals surface area contributed by atoms with Gasteiger partial charge < -0.3 is 10.5 Å². The number of anilines is 1. The molecular weight excluding hydrogens is 271 g/mol. The second-order valence-corrected chi connectivity index (χ2v) is 4.05. The van der Waals surface area contributed by atoms with Gasteiger partial charge in [-0.3, -0.25) is 0 Å². The summed E-state index contributed by atoms with van der Waals surface area (Å²) in [5.41, 5.74) is 5.05. The molecule has 0 spiro atoms. The maximum absolute atomic E-state index is 13.5. The van der Waals surface area contributed by atoms with Crippen LogP contribution in [0.25, 0.3) is 0 Å². The third kappa shape index (κ3) is 3.09. The van der Waals surface area contributed by atoms with Gasteiger partial charge in [0, 0.05) is 11.3 Å². The maximum Gasteiger partial charge on any atom is 0.341 e. The number of nitrogen functional groups attached to an aromatic ring is 1. The van der Waals surface area contributed by atoms with Gasteiger partial charge in [-0.15, -0.1) is 0 Å². The van der Waals surface area contributed by atoms with Crippen molar-refractivity contribution in [1.29, 1.82) is 0 Å².